The Morgan fingerprint density at radius 2 is 2.67 bits per heavy atom. The van der Waals surface area contributed by atoms with E-state index in [1.807, 2.05) is 0 Å². The van der Waals surface area contributed by atoms with E-state index in [0.29, 0.717) is 6.73 Å². The molecular weight excluding hydrogens is 116 g/mol. The first-order chi connectivity index (χ1) is 4.34. The van der Waals surface area contributed by atoms with Crippen LogP contribution in [-0.4, -0.2) is 25.4 Å². The van der Waals surface area contributed by atoms with Gasteiger partial charge in [-0.1, -0.05) is 6.92 Å². The maximum absolute atomic E-state index is 5.71. The third kappa shape index (κ3) is 1.64. The number of hydrogen-bond donors (Lipinski definition) is 2. The standard InChI is InChI=1S/C6H14N2O/c1-2-5(7)6-3-8-4-9-6/h5-6,8H,2-4,7H2,1H3. The fraction of sp³-hybridized carbons (Fsp3) is 1.00. The van der Waals surface area contributed by atoms with Crippen molar-refractivity contribution in [1.82, 2.24) is 5.32 Å². The maximum Gasteiger partial charge on any atom is 0.0971 e. The first kappa shape index (κ1) is 6.99. The Balaban J connectivity index is 2.24. The number of rotatable bonds is 2. The summed E-state index contributed by atoms with van der Waals surface area (Å²) in [6.07, 6.45) is 1.24. The largest absolute Gasteiger partial charge is 0.360 e. The van der Waals surface area contributed by atoms with Crippen molar-refractivity contribution in [1.29, 1.82) is 0 Å². The van der Waals surface area contributed by atoms with Crippen molar-refractivity contribution in [3.63, 3.8) is 0 Å². The summed E-state index contributed by atoms with van der Waals surface area (Å²) < 4.78 is 5.27. The monoisotopic (exact) mass is 130 g/mol. The van der Waals surface area contributed by atoms with E-state index < -0.39 is 0 Å². The second-order valence-electron chi connectivity index (χ2n) is 2.38. The topological polar surface area (TPSA) is 47.3 Å². The molecule has 0 spiro atoms. The Hall–Kier alpha value is -0.120. The minimum absolute atomic E-state index is 0.208. The van der Waals surface area contributed by atoms with Gasteiger partial charge in [-0.05, 0) is 6.42 Å². The Labute approximate surface area is 55.6 Å². The maximum atomic E-state index is 5.71. The molecule has 0 saturated carbocycles. The molecule has 1 fully saturated rings. The third-order valence-corrected chi connectivity index (χ3v) is 1.69. The van der Waals surface area contributed by atoms with Crippen LogP contribution >= 0.6 is 0 Å². The number of ether oxygens (including phenoxy) is 1. The molecule has 9 heavy (non-hydrogen) atoms. The first-order valence-corrected chi connectivity index (χ1v) is 3.42. The van der Waals surface area contributed by atoms with E-state index in [4.69, 9.17) is 10.5 Å². The van der Waals surface area contributed by atoms with Crippen LogP contribution in [0.4, 0.5) is 0 Å². The molecule has 1 saturated heterocycles. The third-order valence-electron chi connectivity index (χ3n) is 1.69. The lowest BCUT2D eigenvalue weighted by molar-refractivity contribution is 0.0923. The van der Waals surface area contributed by atoms with Crippen LogP contribution in [0.1, 0.15) is 13.3 Å². The van der Waals surface area contributed by atoms with Crippen molar-refractivity contribution >= 4 is 0 Å². The zero-order valence-corrected chi connectivity index (χ0v) is 5.76. The predicted octanol–water partition coefficient (Wildman–Crippen LogP) is -0.330. The molecule has 0 aromatic heterocycles. The van der Waals surface area contributed by atoms with Crippen LogP contribution in [0.15, 0.2) is 0 Å². The molecular formula is C6H14N2O. The summed E-state index contributed by atoms with van der Waals surface area (Å²) in [6, 6.07) is 0.208. The molecule has 1 aliphatic heterocycles. The van der Waals surface area contributed by atoms with Crippen LogP contribution < -0.4 is 11.1 Å². The number of hydrogen-bond acceptors (Lipinski definition) is 3. The minimum Gasteiger partial charge on any atom is -0.360 e. The highest BCUT2D eigenvalue weighted by Gasteiger charge is 2.20. The summed E-state index contributed by atoms with van der Waals surface area (Å²) in [7, 11) is 0. The fourth-order valence-electron chi connectivity index (χ4n) is 0.964. The highest BCUT2D eigenvalue weighted by molar-refractivity contribution is 4.76. The van der Waals surface area contributed by atoms with Gasteiger partial charge in [0.05, 0.1) is 12.8 Å². The molecule has 3 heteroatoms. The van der Waals surface area contributed by atoms with Gasteiger partial charge in [0.2, 0.25) is 0 Å². The van der Waals surface area contributed by atoms with E-state index in [2.05, 4.69) is 12.2 Å². The van der Waals surface area contributed by atoms with Gasteiger partial charge in [-0.15, -0.1) is 0 Å². The second kappa shape index (κ2) is 3.15. The van der Waals surface area contributed by atoms with Gasteiger partial charge in [0.15, 0.2) is 0 Å². The summed E-state index contributed by atoms with van der Waals surface area (Å²) in [5.74, 6) is 0. The molecule has 0 aromatic rings. The lowest BCUT2D eigenvalue weighted by Gasteiger charge is -2.14. The first-order valence-electron chi connectivity index (χ1n) is 3.42. The summed E-state index contributed by atoms with van der Waals surface area (Å²) in [5, 5.41) is 3.09. The van der Waals surface area contributed by atoms with Crippen molar-refractivity contribution < 1.29 is 4.74 Å². The Bertz CT molecular complexity index is 81.1. The number of nitrogens with two attached hydrogens (primary N) is 1. The molecule has 0 radical (unpaired) electrons. The van der Waals surface area contributed by atoms with Crippen molar-refractivity contribution in [3.05, 3.63) is 0 Å². The minimum atomic E-state index is 0.208. The van der Waals surface area contributed by atoms with Gasteiger partial charge >= 0.3 is 0 Å². The molecule has 3 N–H and O–H groups in total. The molecule has 2 atom stereocenters. The molecule has 0 bridgehead atoms. The van der Waals surface area contributed by atoms with Crippen molar-refractivity contribution in [3.8, 4) is 0 Å². The highest BCUT2D eigenvalue weighted by atomic mass is 16.5. The average molecular weight is 130 g/mol. The molecule has 1 aliphatic rings. The zero-order valence-electron chi connectivity index (χ0n) is 5.76. The van der Waals surface area contributed by atoms with Crippen LogP contribution in [0.25, 0.3) is 0 Å². The van der Waals surface area contributed by atoms with E-state index in [9.17, 15) is 0 Å². The van der Waals surface area contributed by atoms with Crippen molar-refractivity contribution in [2.24, 2.45) is 5.73 Å². The smallest absolute Gasteiger partial charge is 0.0971 e. The quantitative estimate of drug-likeness (QED) is 0.538. The van der Waals surface area contributed by atoms with Crippen LogP contribution in [0.3, 0.4) is 0 Å². The summed E-state index contributed by atoms with van der Waals surface area (Å²) >= 11 is 0. The molecule has 3 nitrogen and oxygen atoms in total. The van der Waals surface area contributed by atoms with Crippen LogP contribution in [0.2, 0.25) is 0 Å². The van der Waals surface area contributed by atoms with Crippen molar-refractivity contribution in [2.75, 3.05) is 13.3 Å². The Kier molecular flexibility index (Phi) is 2.45. The SMILES string of the molecule is CCC(N)C1CNCO1. The van der Waals surface area contributed by atoms with Gasteiger partial charge in [0.25, 0.3) is 0 Å². The van der Waals surface area contributed by atoms with Gasteiger partial charge in [0.1, 0.15) is 0 Å². The summed E-state index contributed by atoms with van der Waals surface area (Å²) in [4.78, 5) is 0. The molecule has 1 heterocycles. The fourth-order valence-corrected chi connectivity index (χ4v) is 0.964. The molecule has 54 valence electrons. The van der Waals surface area contributed by atoms with Gasteiger partial charge < -0.3 is 10.5 Å². The van der Waals surface area contributed by atoms with E-state index >= 15 is 0 Å². The predicted molar refractivity (Wildman–Crippen MR) is 36.0 cm³/mol. The van der Waals surface area contributed by atoms with E-state index in [0.717, 1.165) is 13.0 Å². The van der Waals surface area contributed by atoms with Crippen LogP contribution in [0, 0.1) is 0 Å². The zero-order chi connectivity index (χ0) is 6.69. The molecule has 1 rings (SSSR count). The summed E-state index contributed by atoms with van der Waals surface area (Å²) in [6.45, 7) is 3.65. The van der Waals surface area contributed by atoms with Crippen LogP contribution in [-0.2, 0) is 4.74 Å². The van der Waals surface area contributed by atoms with Crippen LogP contribution in [0.5, 0.6) is 0 Å². The van der Waals surface area contributed by atoms with E-state index in [-0.39, 0.29) is 12.1 Å². The Morgan fingerprint density at radius 3 is 3.11 bits per heavy atom. The van der Waals surface area contributed by atoms with Gasteiger partial charge in [0, 0.05) is 12.6 Å². The lowest BCUT2D eigenvalue weighted by Crippen LogP contribution is -2.36. The van der Waals surface area contributed by atoms with Gasteiger partial charge in [-0.3, -0.25) is 5.32 Å². The Morgan fingerprint density at radius 1 is 1.89 bits per heavy atom. The number of nitrogens with one attached hydrogen (secondary N) is 1. The van der Waals surface area contributed by atoms with E-state index in [1.54, 1.807) is 0 Å². The summed E-state index contributed by atoms with van der Waals surface area (Å²) in [5.41, 5.74) is 5.71. The van der Waals surface area contributed by atoms with Crippen molar-refractivity contribution in [2.45, 2.75) is 25.5 Å². The molecule has 0 aromatic carbocycles. The second-order valence-corrected chi connectivity index (χ2v) is 2.38. The molecule has 0 aliphatic carbocycles. The lowest BCUT2D eigenvalue weighted by atomic mass is 10.1. The van der Waals surface area contributed by atoms with Gasteiger partial charge in [-0.25, -0.2) is 0 Å². The normalized spacial score (nSPS) is 30.7. The molecule has 0 amide bonds. The highest BCUT2D eigenvalue weighted by Crippen LogP contribution is 2.03. The van der Waals surface area contributed by atoms with E-state index in [1.165, 1.54) is 0 Å². The average Bonchev–Trinajstić information content (AvgIpc) is 2.37. The molecule has 2 unspecified atom stereocenters. The van der Waals surface area contributed by atoms with Gasteiger partial charge in [-0.2, -0.15) is 0 Å².